The molecule has 2 nitrogen and oxygen atoms in total. The summed E-state index contributed by atoms with van der Waals surface area (Å²) in [6.07, 6.45) is 2.40. The van der Waals surface area contributed by atoms with Gasteiger partial charge in [0.25, 0.3) is 0 Å². The average Bonchev–Trinajstić information content (AvgIpc) is 2.40. The van der Waals surface area contributed by atoms with E-state index in [1.807, 2.05) is 0 Å². The van der Waals surface area contributed by atoms with Crippen molar-refractivity contribution in [3.8, 4) is 0 Å². The first kappa shape index (κ1) is 14.5. The third-order valence-electron chi connectivity index (χ3n) is 4.14. The molecule has 1 fully saturated rings. The maximum Gasteiger partial charge on any atom is 0.0244 e. The molecule has 1 heterocycles. The predicted octanol–water partition coefficient (Wildman–Crippen LogP) is 2.94. The second-order valence-corrected chi connectivity index (χ2v) is 6.10. The standard InChI is InChI=1S/C17H28N2/c1-4-10-19-13-16(18-12-17(19)14(2)3)11-15-8-6-5-7-9-15/h5-9,14,16-18H,4,10-13H2,1-3H3. The third kappa shape index (κ3) is 4.05. The number of hydrogen-bond donors (Lipinski definition) is 1. The van der Waals surface area contributed by atoms with Crippen LogP contribution in [0.5, 0.6) is 0 Å². The zero-order chi connectivity index (χ0) is 13.7. The van der Waals surface area contributed by atoms with E-state index in [2.05, 4.69) is 61.3 Å². The summed E-state index contributed by atoms with van der Waals surface area (Å²) in [6.45, 7) is 10.5. The monoisotopic (exact) mass is 260 g/mol. The molecule has 0 bridgehead atoms. The molecule has 0 spiro atoms. The van der Waals surface area contributed by atoms with Gasteiger partial charge in [0.1, 0.15) is 0 Å². The summed E-state index contributed by atoms with van der Waals surface area (Å²) < 4.78 is 0. The van der Waals surface area contributed by atoms with E-state index >= 15 is 0 Å². The Kier molecular flexibility index (Phi) is 5.41. The molecule has 0 radical (unpaired) electrons. The van der Waals surface area contributed by atoms with Crippen molar-refractivity contribution in [2.45, 2.75) is 45.7 Å². The van der Waals surface area contributed by atoms with Crippen LogP contribution in [0.2, 0.25) is 0 Å². The van der Waals surface area contributed by atoms with Crippen molar-refractivity contribution >= 4 is 0 Å². The number of nitrogens with zero attached hydrogens (tertiary/aromatic N) is 1. The van der Waals surface area contributed by atoms with Crippen LogP contribution in [0.1, 0.15) is 32.8 Å². The second kappa shape index (κ2) is 7.06. The van der Waals surface area contributed by atoms with Crippen molar-refractivity contribution in [2.24, 2.45) is 5.92 Å². The molecule has 0 aliphatic carbocycles. The highest BCUT2D eigenvalue weighted by molar-refractivity contribution is 5.16. The summed E-state index contributed by atoms with van der Waals surface area (Å²) in [5.74, 6) is 0.733. The maximum atomic E-state index is 3.75. The molecule has 0 amide bonds. The van der Waals surface area contributed by atoms with Crippen LogP contribution < -0.4 is 5.32 Å². The Bertz CT molecular complexity index is 361. The smallest absolute Gasteiger partial charge is 0.0244 e. The number of rotatable bonds is 5. The number of benzene rings is 1. The predicted molar refractivity (Wildman–Crippen MR) is 82.4 cm³/mol. The molecule has 2 heteroatoms. The average molecular weight is 260 g/mol. The Morgan fingerprint density at radius 3 is 2.63 bits per heavy atom. The van der Waals surface area contributed by atoms with Crippen molar-refractivity contribution in [3.63, 3.8) is 0 Å². The SMILES string of the molecule is CCCN1CC(Cc2ccccc2)NCC1C(C)C. The van der Waals surface area contributed by atoms with Crippen LogP contribution in [0.15, 0.2) is 30.3 Å². The van der Waals surface area contributed by atoms with Crippen molar-refractivity contribution in [2.75, 3.05) is 19.6 Å². The molecule has 2 rings (SSSR count). The highest BCUT2D eigenvalue weighted by Gasteiger charge is 2.28. The summed E-state index contributed by atoms with van der Waals surface area (Å²) in [4.78, 5) is 2.69. The fourth-order valence-corrected chi connectivity index (χ4v) is 3.14. The largest absolute Gasteiger partial charge is 0.311 e. The first-order chi connectivity index (χ1) is 9.20. The molecular weight excluding hydrogens is 232 g/mol. The fraction of sp³-hybridized carbons (Fsp3) is 0.647. The lowest BCUT2D eigenvalue weighted by Gasteiger charge is -2.42. The molecule has 1 N–H and O–H groups in total. The zero-order valence-corrected chi connectivity index (χ0v) is 12.6. The van der Waals surface area contributed by atoms with E-state index in [-0.39, 0.29) is 0 Å². The Morgan fingerprint density at radius 2 is 2.00 bits per heavy atom. The van der Waals surface area contributed by atoms with Gasteiger partial charge in [-0.05, 0) is 30.9 Å². The van der Waals surface area contributed by atoms with Gasteiger partial charge in [0.15, 0.2) is 0 Å². The van der Waals surface area contributed by atoms with Crippen LogP contribution >= 0.6 is 0 Å². The third-order valence-corrected chi connectivity index (χ3v) is 4.14. The molecule has 0 saturated carbocycles. The summed E-state index contributed by atoms with van der Waals surface area (Å²) in [6, 6.07) is 12.1. The van der Waals surface area contributed by atoms with Crippen LogP contribution in [0.25, 0.3) is 0 Å². The summed E-state index contributed by atoms with van der Waals surface area (Å²) in [5.41, 5.74) is 1.44. The van der Waals surface area contributed by atoms with Crippen molar-refractivity contribution in [1.82, 2.24) is 10.2 Å². The normalized spacial score (nSPS) is 24.8. The molecule has 1 aromatic rings. The highest BCUT2D eigenvalue weighted by atomic mass is 15.2. The van der Waals surface area contributed by atoms with Gasteiger partial charge < -0.3 is 5.32 Å². The lowest BCUT2D eigenvalue weighted by atomic mass is 9.95. The van der Waals surface area contributed by atoms with Crippen LogP contribution in [0.4, 0.5) is 0 Å². The summed E-state index contributed by atoms with van der Waals surface area (Å²) >= 11 is 0. The van der Waals surface area contributed by atoms with Crippen molar-refractivity contribution in [3.05, 3.63) is 35.9 Å². The number of hydrogen-bond acceptors (Lipinski definition) is 2. The first-order valence-corrected chi connectivity index (χ1v) is 7.72. The van der Waals surface area contributed by atoms with E-state index in [9.17, 15) is 0 Å². The first-order valence-electron chi connectivity index (χ1n) is 7.72. The quantitative estimate of drug-likeness (QED) is 0.875. The Morgan fingerprint density at radius 1 is 1.26 bits per heavy atom. The van der Waals surface area contributed by atoms with Gasteiger partial charge in [0.05, 0.1) is 0 Å². The molecule has 1 aliphatic heterocycles. The van der Waals surface area contributed by atoms with Gasteiger partial charge in [0.2, 0.25) is 0 Å². The van der Waals surface area contributed by atoms with Crippen LogP contribution in [0.3, 0.4) is 0 Å². The van der Waals surface area contributed by atoms with E-state index in [0.29, 0.717) is 12.1 Å². The molecule has 2 atom stereocenters. The minimum atomic E-state index is 0.601. The van der Waals surface area contributed by atoms with Crippen LogP contribution in [-0.4, -0.2) is 36.6 Å². The molecular formula is C17H28N2. The van der Waals surface area contributed by atoms with Crippen molar-refractivity contribution < 1.29 is 0 Å². The lowest BCUT2D eigenvalue weighted by molar-refractivity contribution is 0.0985. The molecule has 1 saturated heterocycles. The molecule has 2 unspecified atom stereocenters. The van der Waals surface area contributed by atoms with Crippen molar-refractivity contribution in [1.29, 1.82) is 0 Å². The van der Waals surface area contributed by atoms with Gasteiger partial charge in [-0.1, -0.05) is 51.1 Å². The Balaban J connectivity index is 1.94. The maximum absolute atomic E-state index is 3.75. The van der Waals surface area contributed by atoms with Gasteiger partial charge in [-0.25, -0.2) is 0 Å². The molecule has 106 valence electrons. The second-order valence-electron chi connectivity index (χ2n) is 6.10. The van der Waals surface area contributed by atoms with Gasteiger partial charge in [-0.15, -0.1) is 0 Å². The van der Waals surface area contributed by atoms with E-state index in [1.54, 1.807) is 0 Å². The molecule has 0 aromatic heterocycles. The fourth-order valence-electron chi connectivity index (χ4n) is 3.14. The van der Waals surface area contributed by atoms with Gasteiger partial charge >= 0.3 is 0 Å². The molecule has 1 aromatic carbocycles. The Labute approximate surface area is 118 Å². The topological polar surface area (TPSA) is 15.3 Å². The molecule has 1 aliphatic rings. The summed E-state index contributed by atoms with van der Waals surface area (Å²) in [7, 11) is 0. The number of piperazine rings is 1. The summed E-state index contributed by atoms with van der Waals surface area (Å²) in [5, 5.41) is 3.75. The zero-order valence-electron chi connectivity index (χ0n) is 12.6. The number of nitrogens with one attached hydrogen (secondary N) is 1. The van der Waals surface area contributed by atoms with Crippen LogP contribution in [0, 0.1) is 5.92 Å². The Hall–Kier alpha value is -0.860. The minimum Gasteiger partial charge on any atom is -0.311 e. The highest BCUT2D eigenvalue weighted by Crippen LogP contribution is 2.17. The van der Waals surface area contributed by atoms with E-state index in [0.717, 1.165) is 18.9 Å². The minimum absolute atomic E-state index is 0.601. The van der Waals surface area contributed by atoms with E-state index in [4.69, 9.17) is 0 Å². The van der Waals surface area contributed by atoms with E-state index < -0.39 is 0 Å². The van der Waals surface area contributed by atoms with Crippen LogP contribution in [-0.2, 0) is 6.42 Å². The molecule has 19 heavy (non-hydrogen) atoms. The van der Waals surface area contributed by atoms with E-state index in [1.165, 1.54) is 25.1 Å². The van der Waals surface area contributed by atoms with Gasteiger partial charge in [-0.2, -0.15) is 0 Å². The van der Waals surface area contributed by atoms with Gasteiger partial charge in [-0.3, -0.25) is 4.90 Å². The lowest BCUT2D eigenvalue weighted by Crippen LogP contribution is -2.58. The van der Waals surface area contributed by atoms with Gasteiger partial charge in [0, 0.05) is 25.2 Å².